The van der Waals surface area contributed by atoms with E-state index in [0.717, 1.165) is 12.1 Å². The number of non-ortho nitro benzene ring substituents is 1. The quantitative estimate of drug-likeness (QED) is 0.410. The predicted octanol–water partition coefficient (Wildman–Crippen LogP) is 2.30. The number of carbonyl (C=O) groups excluding carboxylic acids is 3. The molecule has 0 aliphatic heterocycles. The number of carbonyl (C=O) groups is 3. The molecule has 0 saturated carbocycles. The van der Waals surface area contributed by atoms with Crippen molar-refractivity contribution in [2.45, 2.75) is 0 Å². The van der Waals surface area contributed by atoms with Crippen molar-refractivity contribution in [2.24, 2.45) is 0 Å². The third kappa shape index (κ3) is 6.02. The molecule has 0 unspecified atom stereocenters. The highest BCUT2D eigenvalue weighted by molar-refractivity contribution is 6.30. The molecular formula is C17H13ClFN3O6. The van der Waals surface area contributed by atoms with Gasteiger partial charge in [0.2, 0.25) is 0 Å². The number of amides is 2. The maximum absolute atomic E-state index is 13.5. The second-order valence-electron chi connectivity index (χ2n) is 5.32. The van der Waals surface area contributed by atoms with Crippen LogP contribution in [0.4, 0.5) is 15.8 Å². The number of hydrogen-bond donors (Lipinski definition) is 2. The zero-order valence-corrected chi connectivity index (χ0v) is 14.9. The highest BCUT2D eigenvalue weighted by Gasteiger charge is 2.14. The summed E-state index contributed by atoms with van der Waals surface area (Å²) in [6, 6.07) is 8.48. The molecule has 0 saturated heterocycles. The van der Waals surface area contributed by atoms with Gasteiger partial charge in [0, 0.05) is 22.7 Å². The summed E-state index contributed by atoms with van der Waals surface area (Å²) >= 11 is 5.70. The van der Waals surface area contributed by atoms with Gasteiger partial charge in [-0.3, -0.25) is 24.5 Å². The molecule has 2 amide bonds. The van der Waals surface area contributed by atoms with Gasteiger partial charge in [-0.25, -0.2) is 4.39 Å². The minimum atomic E-state index is -0.930. The summed E-state index contributed by atoms with van der Waals surface area (Å²) in [6.45, 7) is -1.28. The van der Waals surface area contributed by atoms with E-state index in [9.17, 15) is 28.9 Å². The molecule has 0 aromatic heterocycles. The van der Waals surface area contributed by atoms with E-state index in [4.69, 9.17) is 11.6 Å². The lowest BCUT2D eigenvalue weighted by molar-refractivity contribution is -0.384. The molecule has 28 heavy (non-hydrogen) atoms. The van der Waals surface area contributed by atoms with E-state index < -0.39 is 41.7 Å². The molecule has 0 fully saturated rings. The molecule has 0 atom stereocenters. The standard InChI is InChI=1S/C17H13ClFN3O6/c18-11-4-5-13(19)14(7-11)21-15(23)9-28-16(24)8-20-17(25)10-2-1-3-12(6-10)22(26)27/h1-7H,8-9H2,(H,20,25)(H,21,23). The molecule has 2 aromatic rings. The lowest BCUT2D eigenvalue weighted by atomic mass is 10.2. The average molecular weight is 410 g/mol. The third-order valence-electron chi connectivity index (χ3n) is 3.28. The lowest BCUT2D eigenvalue weighted by Gasteiger charge is -2.08. The van der Waals surface area contributed by atoms with Crippen molar-refractivity contribution < 1.29 is 28.4 Å². The van der Waals surface area contributed by atoms with E-state index in [-0.39, 0.29) is 22.0 Å². The number of nitrogens with zero attached hydrogens (tertiary/aromatic N) is 1. The minimum Gasteiger partial charge on any atom is -0.454 e. The Bertz CT molecular complexity index is 937. The fraction of sp³-hybridized carbons (Fsp3) is 0.118. The van der Waals surface area contributed by atoms with Crippen LogP contribution in [0.1, 0.15) is 10.4 Å². The van der Waals surface area contributed by atoms with E-state index in [1.54, 1.807) is 0 Å². The van der Waals surface area contributed by atoms with Gasteiger partial charge >= 0.3 is 5.97 Å². The summed E-state index contributed by atoms with van der Waals surface area (Å²) in [7, 11) is 0. The first-order valence-corrected chi connectivity index (χ1v) is 8.07. The summed E-state index contributed by atoms with van der Waals surface area (Å²) in [5.41, 5.74) is -0.469. The Morgan fingerprint density at radius 1 is 1.18 bits per heavy atom. The average Bonchev–Trinajstić information content (AvgIpc) is 2.67. The number of nitro groups is 1. The van der Waals surface area contributed by atoms with Crippen molar-refractivity contribution in [3.05, 3.63) is 69.0 Å². The van der Waals surface area contributed by atoms with Crippen molar-refractivity contribution in [2.75, 3.05) is 18.5 Å². The normalized spacial score (nSPS) is 10.1. The molecule has 0 heterocycles. The number of nitro benzene ring substituents is 1. The zero-order chi connectivity index (χ0) is 20.7. The van der Waals surface area contributed by atoms with Gasteiger partial charge < -0.3 is 15.4 Å². The van der Waals surface area contributed by atoms with Crippen molar-refractivity contribution in [3.8, 4) is 0 Å². The van der Waals surface area contributed by atoms with Gasteiger partial charge in [-0.05, 0) is 24.3 Å². The molecule has 0 aliphatic carbocycles. The largest absolute Gasteiger partial charge is 0.454 e. The third-order valence-corrected chi connectivity index (χ3v) is 3.51. The fourth-order valence-corrected chi connectivity index (χ4v) is 2.16. The number of ether oxygens (including phenoxy) is 1. The van der Waals surface area contributed by atoms with Gasteiger partial charge in [-0.15, -0.1) is 0 Å². The Balaban J connectivity index is 1.80. The Labute approximate surface area is 162 Å². The number of rotatable bonds is 7. The molecule has 0 radical (unpaired) electrons. The van der Waals surface area contributed by atoms with Crippen LogP contribution in [0.3, 0.4) is 0 Å². The number of benzene rings is 2. The molecular weight excluding hydrogens is 397 g/mol. The highest BCUT2D eigenvalue weighted by atomic mass is 35.5. The first-order valence-electron chi connectivity index (χ1n) is 7.69. The van der Waals surface area contributed by atoms with Gasteiger partial charge in [0.1, 0.15) is 12.4 Å². The molecule has 9 nitrogen and oxygen atoms in total. The van der Waals surface area contributed by atoms with Gasteiger partial charge in [-0.2, -0.15) is 0 Å². The van der Waals surface area contributed by atoms with Gasteiger partial charge in [-0.1, -0.05) is 17.7 Å². The summed E-state index contributed by atoms with van der Waals surface area (Å²) in [4.78, 5) is 45.2. The second kappa shape index (κ2) is 9.42. The van der Waals surface area contributed by atoms with Crippen LogP contribution in [-0.4, -0.2) is 35.9 Å². The van der Waals surface area contributed by atoms with Crippen LogP contribution in [0.5, 0.6) is 0 Å². The predicted molar refractivity (Wildman–Crippen MR) is 96.4 cm³/mol. The molecule has 0 spiro atoms. The highest BCUT2D eigenvalue weighted by Crippen LogP contribution is 2.19. The Morgan fingerprint density at radius 3 is 2.64 bits per heavy atom. The summed E-state index contributed by atoms with van der Waals surface area (Å²) in [6.07, 6.45) is 0. The van der Waals surface area contributed by atoms with Crippen molar-refractivity contribution in [3.63, 3.8) is 0 Å². The van der Waals surface area contributed by atoms with Crippen LogP contribution < -0.4 is 10.6 Å². The van der Waals surface area contributed by atoms with Gasteiger partial charge in [0.25, 0.3) is 17.5 Å². The fourth-order valence-electron chi connectivity index (χ4n) is 1.99. The lowest BCUT2D eigenvalue weighted by Crippen LogP contribution is -2.32. The van der Waals surface area contributed by atoms with Crippen LogP contribution in [-0.2, 0) is 14.3 Å². The summed E-state index contributed by atoms with van der Waals surface area (Å²) in [5, 5.41) is 15.3. The Morgan fingerprint density at radius 2 is 1.93 bits per heavy atom. The molecule has 0 aliphatic rings. The molecule has 2 rings (SSSR count). The number of esters is 1. The maximum Gasteiger partial charge on any atom is 0.325 e. The van der Waals surface area contributed by atoms with E-state index in [1.165, 1.54) is 30.3 Å². The Kier molecular flexibility index (Phi) is 6.99. The van der Waals surface area contributed by atoms with Crippen molar-refractivity contribution in [1.82, 2.24) is 5.32 Å². The minimum absolute atomic E-state index is 0.0174. The zero-order valence-electron chi connectivity index (χ0n) is 14.1. The van der Waals surface area contributed by atoms with Crippen LogP contribution >= 0.6 is 11.6 Å². The van der Waals surface area contributed by atoms with Crippen LogP contribution in [0, 0.1) is 15.9 Å². The SMILES string of the molecule is O=C(COC(=O)CNC(=O)c1cccc([N+](=O)[O-])c1)Nc1cc(Cl)ccc1F. The first kappa shape index (κ1) is 20.8. The van der Waals surface area contributed by atoms with E-state index >= 15 is 0 Å². The monoisotopic (exact) mass is 409 g/mol. The number of nitrogens with one attached hydrogen (secondary N) is 2. The molecule has 146 valence electrons. The van der Waals surface area contributed by atoms with Crippen LogP contribution in [0.15, 0.2) is 42.5 Å². The van der Waals surface area contributed by atoms with Gasteiger partial charge in [0.05, 0.1) is 10.6 Å². The van der Waals surface area contributed by atoms with Crippen LogP contribution in [0.25, 0.3) is 0 Å². The maximum atomic E-state index is 13.5. The number of anilines is 1. The smallest absolute Gasteiger partial charge is 0.325 e. The molecule has 2 aromatic carbocycles. The number of hydrogen-bond acceptors (Lipinski definition) is 6. The second-order valence-corrected chi connectivity index (χ2v) is 5.76. The van der Waals surface area contributed by atoms with Crippen molar-refractivity contribution >= 4 is 40.8 Å². The topological polar surface area (TPSA) is 128 Å². The first-order chi connectivity index (χ1) is 13.3. The van der Waals surface area contributed by atoms with Crippen LogP contribution in [0.2, 0.25) is 5.02 Å². The number of halogens is 2. The molecule has 11 heteroatoms. The summed E-state index contributed by atoms with van der Waals surface area (Å²) in [5.74, 6) is -3.18. The molecule has 2 N–H and O–H groups in total. The summed E-state index contributed by atoms with van der Waals surface area (Å²) < 4.78 is 18.2. The van der Waals surface area contributed by atoms with E-state index in [0.29, 0.717) is 0 Å². The van der Waals surface area contributed by atoms with Crippen molar-refractivity contribution in [1.29, 1.82) is 0 Å². The van der Waals surface area contributed by atoms with E-state index in [2.05, 4.69) is 15.4 Å². The molecule has 0 bridgehead atoms. The van der Waals surface area contributed by atoms with Gasteiger partial charge in [0.15, 0.2) is 6.61 Å². The van der Waals surface area contributed by atoms with E-state index in [1.807, 2.05) is 0 Å². The Hall–Kier alpha value is -3.53.